The Bertz CT molecular complexity index is 1220. The number of methoxy groups -OCH3 is 1. The number of anilines is 1. The number of amides is 1. The average molecular weight is 398 g/mol. The lowest BCUT2D eigenvalue weighted by Crippen LogP contribution is -2.13. The van der Waals surface area contributed by atoms with E-state index < -0.39 is 5.97 Å². The zero-order chi connectivity index (χ0) is 20.9. The minimum Gasteiger partial charge on any atom is -0.497 e. The second kappa shape index (κ2) is 8.45. The van der Waals surface area contributed by atoms with Crippen LogP contribution >= 0.6 is 0 Å². The molecule has 0 bridgehead atoms. The minimum absolute atomic E-state index is 0.186. The largest absolute Gasteiger partial charge is 0.497 e. The van der Waals surface area contributed by atoms with E-state index in [-0.39, 0.29) is 11.6 Å². The van der Waals surface area contributed by atoms with Gasteiger partial charge in [0.1, 0.15) is 17.2 Å². The molecule has 0 radical (unpaired) electrons. The number of hydrogen-bond acceptors (Lipinski definition) is 5. The van der Waals surface area contributed by atoms with Crippen molar-refractivity contribution in [3.63, 3.8) is 0 Å². The number of nitrogens with zero attached hydrogens (tertiary/aromatic N) is 1. The van der Waals surface area contributed by atoms with E-state index in [0.717, 1.165) is 5.39 Å². The molecule has 4 rings (SSSR count). The molecule has 4 aromatic rings. The number of ether oxygens (including phenoxy) is 2. The number of aromatic nitrogens is 1. The van der Waals surface area contributed by atoms with Crippen molar-refractivity contribution in [1.29, 1.82) is 0 Å². The van der Waals surface area contributed by atoms with Gasteiger partial charge >= 0.3 is 5.97 Å². The highest BCUT2D eigenvalue weighted by molar-refractivity contribution is 6.04. The van der Waals surface area contributed by atoms with Crippen LogP contribution in [0.5, 0.6) is 11.5 Å². The van der Waals surface area contributed by atoms with Crippen LogP contribution in [0, 0.1) is 0 Å². The lowest BCUT2D eigenvalue weighted by molar-refractivity contribution is 0.0729. The van der Waals surface area contributed by atoms with E-state index in [1.54, 1.807) is 79.9 Å². The molecule has 0 atom stereocenters. The molecule has 0 saturated heterocycles. The van der Waals surface area contributed by atoms with Gasteiger partial charge in [0, 0.05) is 22.7 Å². The first-order valence-corrected chi connectivity index (χ1v) is 9.26. The van der Waals surface area contributed by atoms with Gasteiger partial charge in [0.05, 0.1) is 12.6 Å². The number of benzene rings is 3. The second-order valence-corrected chi connectivity index (χ2v) is 6.49. The Hall–Kier alpha value is -4.19. The fourth-order valence-electron chi connectivity index (χ4n) is 2.93. The summed E-state index contributed by atoms with van der Waals surface area (Å²) < 4.78 is 10.6. The van der Waals surface area contributed by atoms with Gasteiger partial charge in [-0.05, 0) is 48.5 Å². The van der Waals surface area contributed by atoms with E-state index in [9.17, 15) is 9.59 Å². The molecule has 148 valence electrons. The Labute approximate surface area is 173 Å². The summed E-state index contributed by atoms with van der Waals surface area (Å²) in [5, 5.41) is 3.65. The number of rotatable bonds is 5. The van der Waals surface area contributed by atoms with E-state index >= 15 is 0 Å². The van der Waals surface area contributed by atoms with Crippen molar-refractivity contribution in [3.8, 4) is 11.5 Å². The number of carbonyl (C=O) groups excluding carboxylic acids is 2. The monoisotopic (exact) mass is 398 g/mol. The quantitative estimate of drug-likeness (QED) is 0.389. The summed E-state index contributed by atoms with van der Waals surface area (Å²) in [6.45, 7) is 0. The van der Waals surface area contributed by atoms with Crippen LogP contribution in [0.1, 0.15) is 20.8 Å². The van der Waals surface area contributed by atoms with Gasteiger partial charge < -0.3 is 14.8 Å². The summed E-state index contributed by atoms with van der Waals surface area (Å²) in [5.74, 6) is 0.196. The molecule has 0 aliphatic heterocycles. The number of nitrogens with one attached hydrogen (secondary N) is 1. The van der Waals surface area contributed by atoms with Crippen LogP contribution in [-0.2, 0) is 0 Å². The van der Waals surface area contributed by atoms with Gasteiger partial charge in [-0.3, -0.25) is 4.79 Å². The molecule has 0 aliphatic carbocycles. The van der Waals surface area contributed by atoms with Crippen molar-refractivity contribution >= 4 is 28.5 Å². The molecule has 30 heavy (non-hydrogen) atoms. The van der Waals surface area contributed by atoms with Crippen molar-refractivity contribution < 1.29 is 19.1 Å². The van der Waals surface area contributed by atoms with E-state index in [1.807, 2.05) is 12.1 Å². The molecule has 6 heteroatoms. The SMILES string of the molecule is COc1ccc2nc(C(=O)Oc3cccc(NC(=O)c4ccccc4)c3)ccc2c1. The lowest BCUT2D eigenvalue weighted by Gasteiger charge is -2.09. The van der Waals surface area contributed by atoms with Crippen molar-refractivity contribution in [1.82, 2.24) is 4.98 Å². The molecule has 1 amide bonds. The average Bonchev–Trinajstić information content (AvgIpc) is 2.79. The summed E-state index contributed by atoms with van der Waals surface area (Å²) in [7, 11) is 1.59. The fourth-order valence-corrected chi connectivity index (χ4v) is 2.93. The van der Waals surface area contributed by atoms with E-state index in [4.69, 9.17) is 9.47 Å². The van der Waals surface area contributed by atoms with Crippen LogP contribution in [0.4, 0.5) is 5.69 Å². The van der Waals surface area contributed by atoms with Crippen LogP contribution < -0.4 is 14.8 Å². The van der Waals surface area contributed by atoms with Gasteiger partial charge in [0.15, 0.2) is 0 Å². The number of carbonyl (C=O) groups is 2. The standard InChI is InChI=1S/C24H18N2O4/c1-29-19-11-13-21-17(14-19)10-12-22(26-21)24(28)30-20-9-5-8-18(15-20)25-23(27)16-6-3-2-4-7-16/h2-15H,1H3,(H,25,27). The zero-order valence-corrected chi connectivity index (χ0v) is 16.2. The number of pyridine rings is 1. The van der Waals surface area contributed by atoms with Crippen LogP contribution in [0.15, 0.2) is 84.9 Å². The third kappa shape index (κ3) is 4.28. The topological polar surface area (TPSA) is 77.5 Å². The number of fused-ring (bicyclic) bond motifs is 1. The molecule has 0 aliphatic rings. The zero-order valence-electron chi connectivity index (χ0n) is 16.2. The minimum atomic E-state index is -0.584. The van der Waals surface area contributed by atoms with Crippen LogP contribution in [0.2, 0.25) is 0 Å². The first kappa shape index (κ1) is 19.1. The maximum absolute atomic E-state index is 12.5. The van der Waals surface area contributed by atoms with Crippen LogP contribution in [0.25, 0.3) is 10.9 Å². The van der Waals surface area contributed by atoms with Gasteiger partial charge in [0.25, 0.3) is 5.91 Å². The third-order valence-electron chi connectivity index (χ3n) is 4.44. The van der Waals surface area contributed by atoms with Gasteiger partial charge in [-0.25, -0.2) is 9.78 Å². The molecule has 6 nitrogen and oxygen atoms in total. The van der Waals surface area contributed by atoms with Crippen molar-refractivity contribution in [2.45, 2.75) is 0 Å². The van der Waals surface area contributed by atoms with Gasteiger partial charge in [-0.1, -0.05) is 30.3 Å². The van der Waals surface area contributed by atoms with Crippen molar-refractivity contribution in [2.24, 2.45) is 0 Å². The molecule has 3 aromatic carbocycles. The molecule has 1 N–H and O–H groups in total. The molecule has 1 heterocycles. The lowest BCUT2D eigenvalue weighted by atomic mass is 10.2. The maximum atomic E-state index is 12.5. The van der Waals surface area contributed by atoms with Gasteiger partial charge in [-0.15, -0.1) is 0 Å². The molecule has 0 unspecified atom stereocenters. The molecule has 0 saturated carbocycles. The molecule has 0 spiro atoms. The Morgan fingerprint density at radius 2 is 1.67 bits per heavy atom. The molecular weight excluding hydrogens is 380 g/mol. The maximum Gasteiger partial charge on any atom is 0.362 e. The Morgan fingerprint density at radius 1 is 0.833 bits per heavy atom. The summed E-state index contributed by atoms with van der Waals surface area (Å²) in [6, 6.07) is 24.3. The Balaban J connectivity index is 1.49. The summed E-state index contributed by atoms with van der Waals surface area (Å²) in [5.41, 5.74) is 1.91. The van der Waals surface area contributed by atoms with E-state index in [2.05, 4.69) is 10.3 Å². The smallest absolute Gasteiger partial charge is 0.362 e. The summed E-state index contributed by atoms with van der Waals surface area (Å²) >= 11 is 0. The third-order valence-corrected chi connectivity index (χ3v) is 4.44. The highest BCUT2D eigenvalue weighted by Crippen LogP contribution is 2.22. The van der Waals surface area contributed by atoms with Gasteiger partial charge in [-0.2, -0.15) is 0 Å². The predicted octanol–water partition coefficient (Wildman–Crippen LogP) is 4.71. The van der Waals surface area contributed by atoms with E-state index in [0.29, 0.717) is 28.3 Å². The first-order chi connectivity index (χ1) is 14.6. The fraction of sp³-hybridized carbons (Fsp3) is 0.0417. The van der Waals surface area contributed by atoms with Crippen LogP contribution in [0.3, 0.4) is 0 Å². The summed E-state index contributed by atoms with van der Waals surface area (Å²) in [6.07, 6.45) is 0. The van der Waals surface area contributed by atoms with E-state index in [1.165, 1.54) is 0 Å². The number of esters is 1. The van der Waals surface area contributed by atoms with Crippen molar-refractivity contribution in [2.75, 3.05) is 12.4 Å². The van der Waals surface area contributed by atoms with Gasteiger partial charge in [0.2, 0.25) is 0 Å². The van der Waals surface area contributed by atoms with Crippen molar-refractivity contribution in [3.05, 3.63) is 96.2 Å². The second-order valence-electron chi connectivity index (χ2n) is 6.49. The summed E-state index contributed by atoms with van der Waals surface area (Å²) in [4.78, 5) is 29.2. The molecule has 1 aromatic heterocycles. The van der Waals surface area contributed by atoms with Crippen LogP contribution in [-0.4, -0.2) is 24.0 Å². The Morgan fingerprint density at radius 3 is 2.47 bits per heavy atom. The molecule has 0 fully saturated rings. The number of hydrogen-bond donors (Lipinski definition) is 1. The molecular formula is C24H18N2O4. The highest BCUT2D eigenvalue weighted by Gasteiger charge is 2.13. The predicted molar refractivity (Wildman–Crippen MR) is 114 cm³/mol. The Kier molecular flexibility index (Phi) is 5.39. The first-order valence-electron chi connectivity index (χ1n) is 9.26. The normalized spacial score (nSPS) is 10.4. The highest BCUT2D eigenvalue weighted by atomic mass is 16.5.